The first-order valence-electron chi connectivity index (χ1n) is 6.29. The summed E-state index contributed by atoms with van der Waals surface area (Å²) in [5.74, 6) is 0. The second-order valence-electron chi connectivity index (χ2n) is 4.64. The van der Waals surface area contributed by atoms with E-state index in [2.05, 4.69) is 22.7 Å². The van der Waals surface area contributed by atoms with Crippen LogP contribution in [0.15, 0.2) is 30.5 Å². The van der Waals surface area contributed by atoms with Gasteiger partial charge in [-0.25, -0.2) is 0 Å². The topological polar surface area (TPSA) is 41.9 Å². The quantitative estimate of drug-likeness (QED) is 0.853. The van der Waals surface area contributed by atoms with Crippen molar-refractivity contribution in [2.75, 3.05) is 5.32 Å². The van der Waals surface area contributed by atoms with Crippen LogP contribution in [-0.2, 0) is 7.05 Å². The van der Waals surface area contributed by atoms with Crippen LogP contribution in [0, 0.1) is 6.92 Å². The van der Waals surface area contributed by atoms with Gasteiger partial charge in [0, 0.05) is 29.0 Å². The molecular weight excluding hydrogens is 292 g/mol. The molecule has 20 heavy (non-hydrogen) atoms. The number of hydrogen-bond acceptors (Lipinski definition) is 2. The highest BCUT2D eigenvalue weighted by Gasteiger charge is 2.12. The fraction of sp³-hybridized carbons (Fsp3) is 0.286. The Morgan fingerprint density at radius 2 is 2.00 bits per heavy atom. The summed E-state index contributed by atoms with van der Waals surface area (Å²) >= 11 is 11.2. The molecule has 0 spiro atoms. The van der Waals surface area contributed by atoms with Crippen LogP contribution in [-0.4, -0.2) is 14.9 Å². The molecule has 0 amide bonds. The minimum Gasteiger partial charge on any atom is -0.356 e. The number of aromatic nitrogens is 2. The average molecular weight is 309 g/mol. The Bertz CT molecular complexity index is 606. The first-order valence-corrected chi connectivity index (χ1v) is 7.07. The van der Waals surface area contributed by atoms with Crippen molar-refractivity contribution in [1.82, 2.24) is 15.1 Å². The van der Waals surface area contributed by atoms with Crippen LogP contribution in [0.4, 0.5) is 5.69 Å². The molecule has 0 aliphatic carbocycles. The summed E-state index contributed by atoms with van der Waals surface area (Å²) in [5.41, 5.74) is 3.16. The first-order chi connectivity index (χ1) is 9.47. The summed E-state index contributed by atoms with van der Waals surface area (Å²) in [5, 5.41) is 11.9. The Morgan fingerprint density at radius 3 is 2.55 bits per heavy atom. The van der Waals surface area contributed by atoms with Crippen LogP contribution in [0.5, 0.6) is 0 Å². The maximum Gasteiger partial charge on any atom is 0.171 e. The average Bonchev–Trinajstić information content (AvgIpc) is 2.73. The van der Waals surface area contributed by atoms with Crippen LogP contribution in [0.1, 0.15) is 24.2 Å². The zero-order chi connectivity index (χ0) is 14.7. The number of rotatable bonds is 3. The molecule has 0 bridgehead atoms. The van der Waals surface area contributed by atoms with Gasteiger partial charge < -0.3 is 10.6 Å². The molecule has 0 aliphatic rings. The zero-order valence-electron chi connectivity index (χ0n) is 11.6. The standard InChI is InChI=1S/C14H17ClN4S/c1-9(13-8-16-19(3)10(13)2)17-14(20)18-12-6-4-11(15)5-7-12/h4-9H,1-3H3,(H2,17,18,20). The molecular formula is C14H17ClN4S. The monoisotopic (exact) mass is 308 g/mol. The van der Waals surface area contributed by atoms with Gasteiger partial charge in [-0.15, -0.1) is 0 Å². The van der Waals surface area contributed by atoms with Crippen molar-refractivity contribution in [3.05, 3.63) is 46.7 Å². The van der Waals surface area contributed by atoms with E-state index in [-0.39, 0.29) is 6.04 Å². The minimum atomic E-state index is 0.0935. The van der Waals surface area contributed by atoms with E-state index in [9.17, 15) is 0 Å². The fourth-order valence-electron chi connectivity index (χ4n) is 1.92. The lowest BCUT2D eigenvalue weighted by atomic mass is 10.1. The van der Waals surface area contributed by atoms with Crippen molar-refractivity contribution < 1.29 is 0 Å². The maximum atomic E-state index is 5.85. The number of anilines is 1. The predicted molar refractivity (Wildman–Crippen MR) is 87.2 cm³/mol. The van der Waals surface area contributed by atoms with E-state index in [0.29, 0.717) is 10.1 Å². The van der Waals surface area contributed by atoms with Crippen molar-refractivity contribution in [2.45, 2.75) is 19.9 Å². The zero-order valence-corrected chi connectivity index (χ0v) is 13.2. The number of hydrogen-bond donors (Lipinski definition) is 2. The highest BCUT2D eigenvalue weighted by molar-refractivity contribution is 7.80. The van der Waals surface area contributed by atoms with E-state index in [1.165, 1.54) is 0 Å². The summed E-state index contributed by atoms with van der Waals surface area (Å²) in [6.45, 7) is 4.09. The number of nitrogens with one attached hydrogen (secondary N) is 2. The number of aryl methyl sites for hydroxylation is 1. The predicted octanol–water partition coefficient (Wildman–Crippen LogP) is 3.43. The second-order valence-corrected chi connectivity index (χ2v) is 5.48. The summed E-state index contributed by atoms with van der Waals surface area (Å²) in [6, 6.07) is 7.51. The number of benzene rings is 1. The van der Waals surface area contributed by atoms with E-state index >= 15 is 0 Å². The summed E-state index contributed by atoms with van der Waals surface area (Å²) in [6.07, 6.45) is 1.86. The van der Waals surface area contributed by atoms with Gasteiger partial charge in [0.2, 0.25) is 0 Å². The van der Waals surface area contributed by atoms with E-state index in [0.717, 1.165) is 16.9 Å². The van der Waals surface area contributed by atoms with Gasteiger partial charge in [0.1, 0.15) is 0 Å². The number of halogens is 1. The van der Waals surface area contributed by atoms with Crippen molar-refractivity contribution in [3.63, 3.8) is 0 Å². The molecule has 1 heterocycles. The molecule has 1 aromatic heterocycles. The molecule has 4 nitrogen and oxygen atoms in total. The number of nitrogens with zero attached hydrogens (tertiary/aromatic N) is 2. The number of thiocarbonyl (C=S) groups is 1. The molecule has 0 saturated heterocycles. The molecule has 1 aromatic carbocycles. The molecule has 6 heteroatoms. The molecule has 0 saturated carbocycles. The van der Waals surface area contributed by atoms with Crippen LogP contribution in [0.3, 0.4) is 0 Å². The van der Waals surface area contributed by atoms with Gasteiger partial charge in [0.25, 0.3) is 0 Å². The van der Waals surface area contributed by atoms with Crippen LogP contribution >= 0.6 is 23.8 Å². The molecule has 0 fully saturated rings. The lowest BCUT2D eigenvalue weighted by Crippen LogP contribution is -2.31. The SMILES string of the molecule is Cc1c(C(C)NC(=S)Nc2ccc(Cl)cc2)cnn1C. The normalized spacial score (nSPS) is 12.0. The lowest BCUT2D eigenvalue weighted by Gasteiger charge is -2.17. The summed E-state index contributed by atoms with van der Waals surface area (Å²) in [4.78, 5) is 0. The summed E-state index contributed by atoms with van der Waals surface area (Å²) in [7, 11) is 1.93. The van der Waals surface area contributed by atoms with Crippen molar-refractivity contribution in [3.8, 4) is 0 Å². The minimum absolute atomic E-state index is 0.0935. The van der Waals surface area contributed by atoms with Gasteiger partial charge in [0.05, 0.1) is 12.2 Å². The van der Waals surface area contributed by atoms with Gasteiger partial charge >= 0.3 is 0 Å². The van der Waals surface area contributed by atoms with Crippen molar-refractivity contribution in [1.29, 1.82) is 0 Å². The van der Waals surface area contributed by atoms with Crippen LogP contribution in [0.25, 0.3) is 0 Å². The van der Waals surface area contributed by atoms with Crippen LogP contribution in [0.2, 0.25) is 5.02 Å². The van der Waals surface area contributed by atoms with E-state index in [1.807, 2.05) is 49.1 Å². The van der Waals surface area contributed by atoms with Gasteiger partial charge in [0.15, 0.2) is 5.11 Å². The molecule has 1 unspecified atom stereocenters. The molecule has 2 aromatic rings. The lowest BCUT2D eigenvalue weighted by molar-refractivity contribution is 0.701. The third kappa shape index (κ3) is 3.49. The largest absolute Gasteiger partial charge is 0.356 e. The molecule has 2 N–H and O–H groups in total. The molecule has 0 aliphatic heterocycles. The fourth-order valence-corrected chi connectivity index (χ4v) is 2.34. The van der Waals surface area contributed by atoms with Gasteiger partial charge in [-0.3, -0.25) is 4.68 Å². The van der Waals surface area contributed by atoms with E-state index in [1.54, 1.807) is 0 Å². The second kappa shape index (κ2) is 6.24. The van der Waals surface area contributed by atoms with Gasteiger partial charge in [-0.05, 0) is 50.3 Å². The Hall–Kier alpha value is -1.59. The third-order valence-corrected chi connectivity index (χ3v) is 3.66. The summed E-state index contributed by atoms with van der Waals surface area (Å²) < 4.78 is 1.85. The van der Waals surface area contributed by atoms with E-state index in [4.69, 9.17) is 23.8 Å². The molecule has 0 radical (unpaired) electrons. The molecule has 1 atom stereocenters. The maximum absolute atomic E-state index is 5.85. The van der Waals surface area contributed by atoms with Crippen molar-refractivity contribution >= 4 is 34.6 Å². The first kappa shape index (κ1) is 14.8. The Balaban J connectivity index is 1.97. The van der Waals surface area contributed by atoms with Crippen LogP contribution < -0.4 is 10.6 Å². The Kier molecular flexibility index (Phi) is 4.62. The third-order valence-electron chi connectivity index (χ3n) is 3.19. The Morgan fingerprint density at radius 1 is 1.35 bits per heavy atom. The van der Waals surface area contributed by atoms with E-state index < -0.39 is 0 Å². The highest BCUT2D eigenvalue weighted by Crippen LogP contribution is 2.17. The Labute approximate surface area is 129 Å². The van der Waals surface area contributed by atoms with Gasteiger partial charge in [-0.1, -0.05) is 11.6 Å². The smallest absolute Gasteiger partial charge is 0.171 e. The molecule has 2 rings (SSSR count). The highest BCUT2D eigenvalue weighted by atomic mass is 35.5. The molecule has 106 valence electrons. The van der Waals surface area contributed by atoms with Crippen molar-refractivity contribution in [2.24, 2.45) is 7.05 Å². The van der Waals surface area contributed by atoms with Gasteiger partial charge in [-0.2, -0.15) is 5.10 Å².